The van der Waals surface area contributed by atoms with Gasteiger partial charge in [0, 0.05) is 25.0 Å². The molecular formula is C20H17FN8O. The minimum absolute atomic E-state index is 0.0709. The second kappa shape index (κ2) is 8.00. The van der Waals surface area contributed by atoms with E-state index in [0.29, 0.717) is 28.5 Å². The molecule has 30 heavy (non-hydrogen) atoms. The highest BCUT2D eigenvalue weighted by molar-refractivity contribution is 5.94. The third-order valence-electron chi connectivity index (χ3n) is 4.48. The van der Waals surface area contributed by atoms with Gasteiger partial charge >= 0.3 is 0 Å². The van der Waals surface area contributed by atoms with Crippen molar-refractivity contribution in [3.05, 3.63) is 66.0 Å². The lowest BCUT2D eigenvalue weighted by Crippen LogP contribution is -2.25. The van der Waals surface area contributed by atoms with Gasteiger partial charge in [-0.2, -0.15) is 15.3 Å². The van der Waals surface area contributed by atoms with E-state index in [1.165, 1.54) is 6.07 Å². The molecule has 1 aromatic carbocycles. The van der Waals surface area contributed by atoms with Crippen molar-refractivity contribution in [2.24, 2.45) is 7.05 Å². The van der Waals surface area contributed by atoms with Gasteiger partial charge in [-0.1, -0.05) is 18.2 Å². The number of carbonyl (C=O) groups excluding carboxylic acids is 1. The van der Waals surface area contributed by atoms with Crippen LogP contribution in [-0.4, -0.2) is 36.8 Å². The standard InChI is InChI=1S/C20H17FN8O/c1-28-12-15(8-17(28)19(30)23-7-6-22)26-20-24-9-14-10-25-29(18(14)27-20)11-13-4-2-3-5-16(13)21/h2-5,8-10,12H,7,11H2,1H3,(H,23,30)(H,24,26,27). The monoisotopic (exact) mass is 404 g/mol. The van der Waals surface area contributed by atoms with E-state index in [-0.39, 0.29) is 24.8 Å². The van der Waals surface area contributed by atoms with Crippen molar-refractivity contribution in [3.8, 4) is 6.07 Å². The third-order valence-corrected chi connectivity index (χ3v) is 4.48. The number of nitriles is 1. The van der Waals surface area contributed by atoms with Gasteiger partial charge in [-0.25, -0.2) is 14.1 Å². The van der Waals surface area contributed by atoms with E-state index in [2.05, 4.69) is 25.7 Å². The van der Waals surface area contributed by atoms with Gasteiger partial charge in [0.1, 0.15) is 18.1 Å². The first-order valence-corrected chi connectivity index (χ1v) is 9.05. The number of carbonyl (C=O) groups is 1. The van der Waals surface area contributed by atoms with Crippen molar-refractivity contribution in [1.82, 2.24) is 29.6 Å². The van der Waals surface area contributed by atoms with Gasteiger partial charge in [0.2, 0.25) is 5.95 Å². The number of anilines is 2. The van der Waals surface area contributed by atoms with E-state index in [4.69, 9.17) is 5.26 Å². The Morgan fingerprint density at radius 2 is 2.13 bits per heavy atom. The topological polar surface area (TPSA) is 113 Å². The van der Waals surface area contributed by atoms with Crippen LogP contribution >= 0.6 is 0 Å². The third kappa shape index (κ3) is 3.81. The highest BCUT2D eigenvalue weighted by Gasteiger charge is 2.13. The number of nitrogens with zero attached hydrogens (tertiary/aromatic N) is 6. The molecule has 1 amide bonds. The molecular weight excluding hydrogens is 387 g/mol. The highest BCUT2D eigenvalue weighted by Crippen LogP contribution is 2.20. The van der Waals surface area contributed by atoms with E-state index in [9.17, 15) is 9.18 Å². The molecule has 9 nitrogen and oxygen atoms in total. The number of rotatable bonds is 6. The van der Waals surface area contributed by atoms with E-state index < -0.39 is 0 Å². The fourth-order valence-electron chi connectivity index (χ4n) is 3.03. The summed E-state index contributed by atoms with van der Waals surface area (Å²) in [6.07, 6.45) is 4.96. The normalized spacial score (nSPS) is 10.7. The summed E-state index contributed by atoms with van der Waals surface area (Å²) in [5.41, 5.74) is 2.06. The molecule has 150 valence electrons. The Labute approximate surface area is 170 Å². The van der Waals surface area contributed by atoms with Crippen molar-refractivity contribution >= 4 is 28.6 Å². The minimum Gasteiger partial charge on any atom is -0.344 e. The average molecular weight is 404 g/mol. The van der Waals surface area contributed by atoms with Crippen LogP contribution in [0.25, 0.3) is 11.0 Å². The molecule has 3 aromatic heterocycles. The average Bonchev–Trinajstić information content (AvgIpc) is 3.31. The summed E-state index contributed by atoms with van der Waals surface area (Å²) < 4.78 is 17.2. The van der Waals surface area contributed by atoms with E-state index >= 15 is 0 Å². The van der Waals surface area contributed by atoms with Crippen LogP contribution in [0, 0.1) is 17.1 Å². The zero-order valence-electron chi connectivity index (χ0n) is 16.0. The number of benzene rings is 1. The Balaban J connectivity index is 1.58. The van der Waals surface area contributed by atoms with Gasteiger partial charge < -0.3 is 15.2 Å². The van der Waals surface area contributed by atoms with E-state index in [1.807, 2.05) is 6.07 Å². The van der Waals surface area contributed by atoms with Crippen LogP contribution in [0.4, 0.5) is 16.0 Å². The first kappa shape index (κ1) is 19.1. The number of halogens is 1. The first-order valence-electron chi connectivity index (χ1n) is 9.05. The summed E-state index contributed by atoms with van der Waals surface area (Å²) in [7, 11) is 1.72. The van der Waals surface area contributed by atoms with E-state index in [1.54, 1.807) is 59.2 Å². The van der Waals surface area contributed by atoms with Gasteiger partial charge in [-0.3, -0.25) is 4.79 Å². The van der Waals surface area contributed by atoms with Crippen molar-refractivity contribution in [3.63, 3.8) is 0 Å². The molecule has 0 radical (unpaired) electrons. The van der Waals surface area contributed by atoms with Crippen LogP contribution in [0.3, 0.4) is 0 Å². The number of aryl methyl sites for hydroxylation is 1. The van der Waals surface area contributed by atoms with Gasteiger partial charge in [0.25, 0.3) is 5.91 Å². The lowest BCUT2D eigenvalue weighted by Gasteiger charge is -2.06. The maximum atomic E-state index is 14.0. The highest BCUT2D eigenvalue weighted by atomic mass is 19.1. The molecule has 10 heteroatoms. The number of amides is 1. The zero-order valence-corrected chi connectivity index (χ0v) is 16.0. The molecule has 0 bridgehead atoms. The summed E-state index contributed by atoms with van der Waals surface area (Å²) in [6.45, 7) is 0.166. The van der Waals surface area contributed by atoms with Crippen molar-refractivity contribution < 1.29 is 9.18 Å². The number of hydrogen-bond acceptors (Lipinski definition) is 6. The molecule has 0 unspecified atom stereocenters. The maximum Gasteiger partial charge on any atom is 0.268 e. The smallest absolute Gasteiger partial charge is 0.268 e. The van der Waals surface area contributed by atoms with Crippen LogP contribution in [0.2, 0.25) is 0 Å². The molecule has 4 rings (SSSR count). The fraction of sp³-hybridized carbons (Fsp3) is 0.150. The summed E-state index contributed by atoms with van der Waals surface area (Å²) in [6, 6.07) is 10.0. The molecule has 0 saturated carbocycles. The summed E-state index contributed by atoms with van der Waals surface area (Å²) in [5, 5.41) is 19.2. The van der Waals surface area contributed by atoms with Gasteiger partial charge in [-0.05, 0) is 12.1 Å². The van der Waals surface area contributed by atoms with Crippen LogP contribution < -0.4 is 10.6 Å². The van der Waals surface area contributed by atoms with Crippen molar-refractivity contribution in [2.75, 3.05) is 11.9 Å². The van der Waals surface area contributed by atoms with Gasteiger partial charge in [0.05, 0.1) is 29.9 Å². The van der Waals surface area contributed by atoms with Crippen molar-refractivity contribution in [2.45, 2.75) is 6.54 Å². The Kier molecular flexibility index (Phi) is 5.09. The van der Waals surface area contributed by atoms with Crippen LogP contribution in [0.1, 0.15) is 16.1 Å². The Morgan fingerprint density at radius 3 is 2.93 bits per heavy atom. The molecule has 2 N–H and O–H groups in total. The minimum atomic E-state index is -0.355. The second-order valence-corrected chi connectivity index (χ2v) is 6.56. The molecule has 0 aliphatic carbocycles. The second-order valence-electron chi connectivity index (χ2n) is 6.56. The summed E-state index contributed by atoms with van der Waals surface area (Å²) >= 11 is 0. The quantitative estimate of drug-likeness (QED) is 0.477. The molecule has 0 fully saturated rings. The Morgan fingerprint density at radius 1 is 1.30 bits per heavy atom. The Hall–Kier alpha value is -4.26. The Bertz CT molecular complexity index is 1270. The molecule has 0 atom stereocenters. The summed E-state index contributed by atoms with van der Waals surface area (Å²) in [4.78, 5) is 20.9. The van der Waals surface area contributed by atoms with Crippen LogP contribution in [0.15, 0.2) is 48.9 Å². The first-order chi connectivity index (χ1) is 14.5. The molecule has 0 spiro atoms. The molecule has 3 heterocycles. The number of hydrogen-bond donors (Lipinski definition) is 2. The fourth-order valence-corrected chi connectivity index (χ4v) is 3.03. The predicted molar refractivity (Wildman–Crippen MR) is 107 cm³/mol. The number of fused-ring (bicyclic) bond motifs is 1. The van der Waals surface area contributed by atoms with Crippen molar-refractivity contribution in [1.29, 1.82) is 5.26 Å². The van der Waals surface area contributed by atoms with Crippen LogP contribution in [0.5, 0.6) is 0 Å². The lowest BCUT2D eigenvalue weighted by atomic mass is 10.2. The van der Waals surface area contributed by atoms with E-state index in [0.717, 1.165) is 5.39 Å². The molecule has 0 aliphatic heterocycles. The number of aromatic nitrogens is 5. The van der Waals surface area contributed by atoms with Crippen LogP contribution in [-0.2, 0) is 13.6 Å². The number of nitrogens with one attached hydrogen (secondary N) is 2. The molecule has 0 saturated heterocycles. The molecule has 0 aliphatic rings. The zero-order chi connectivity index (χ0) is 21.1. The largest absolute Gasteiger partial charge is 0.344 e. The molecule has 4 aromatic rings. The van der Waals surface area contributed by atoms with Gasteiger partial charge in [-0.15, -0.1) is 0 Å². The SMILES string of the molecule is Cn1cc(Nc2ncc3cnn(Cc4ccccc4F)c3n2)cc1C(=O)NCC#N. The maximum absolute atomic E-state index is 14.0. The predicted octanol–water partition coefficient (Wildman–Crippen LogP) is 2.35. The lowest BCUT2D eigenvalue weighted by molar-refractivity contribution is 0.0950. The van der Waals surface area contributed by atoms with Gasteiger partial charge in [0.15, 0.2) is 5.65 Å². The summed E-state index contributed by atoms with van der Waals surface area (Å²) in [5.74, 6) is -0.348.